The van der Waals surface area contributed by atoms with E-state index in [-0.39, 0.29) is 0 Å². The fourth-order valence-corrected chi connectivity index (χ4v) is 2.60. The standard InChI is InChI=1S/C13H21N3S/c1-11(2)5-3-4-6-14-9-12-10-16-7-8-17-13(16)15-12/h7-8,10-11,14H,3-6,9H2,1-2H3. The molecule has 0 spiro atoms. The van der Waals surface area contributed by atoms with Crippen molar-refractivity contribution < 1.29 is 0 Å². The highest BCUT2D eigenvalue weighted by Gasteiger charge is 2.01. The maximum absolute atomic E-state index is 4.54. The van der Waals surface area contributed by atoms with Crippen molar-refractivity contribution in [3.8, 4) is 0 Å². The molecule has 0 aromatic carbocycles. The van der Waals surface area contributed by atoms with Gasteiger partial charge in [-0.2, -0.15) is 0 Å². The zero-order valence-electron chi connectivity index (χ0n) is 10.6. The molecule has 0 bridgehead atoms. The number of fused-ring (bicyclic) bond motifs is 1. The Morgan fingerprint density at radius 3 is 3.06 bits per heavy atom. The number of aromatic nitrogens is 2. The maximum Gasteiger partial charge on any atom is 0.193 e. The van der Waals surface area contributed by atoms with Crippen LogP contribution in [0.3, 0.4) is 0 Å². The van der Waals surface area contributed by atoms with Crippen LogP contribution in [0.2, 0.25) is 0 Å². The van der Waals surface area contributed by atoms with Crippen LogP contribution in [0.25, 0.3) is 4.96 Å². The monoisotopic (exact) mass is 251 g/mol. The average Bonchev–Trinajstić information content (AvgIpc) is 2.82. The highest BCUT2D eigenvalue weighted by molar-refractivity contribution is 7.15. The molecule has 2 aromatic rings. The topological polar surface area (TPSA) is 29.3 Å². The predicted octanol–water partition coefficient (Wildman–Crippen LogP) is 3.31. The van der Waals surface area contributed by atoms with E-state index in [9.17, 15) is 0 Å². The predicted molar refractivity (Wildman–Crippen MR) is 73.5 cm³/mol. The molecule has 0 aliphatic rings. The minimum Gasteiger partial charge on any atom is -0.311 e. The van der Waals surface area contributed by atoms with Gasteiger partial charge in [0, 0.05) is 24.3 Å². The highest BCUT2D eigenvalue weighted by Crippen LogP contribution is 2.11. The highest BCUT2D eigenvalue weighted by atomic mass is 32.1. The minimum absolute atomic E-state index is 0.829. The van der Waals surface area contributed by atoms with Crippen molar-refractivity contribution in [1.29, 1.82) is 0 Å². The number of rotatable bonds is 7. The molecule has 17 heavy (non-hydrogen) atoms. The Morgan fingerprint density at radius 2 is 2.29 bits per heavy atom. The summed E-state index contributed by atoms with van der Waals surface area (Å²) in [4.78, 5) is 5.62. The van der Waals surface area contributed by atoms with E-state index in [0.29, 0.717) is 0 Å². The first-order valence-electron chi connectivity index (χ1n) is 6.37. The number of hydrogen-bond acceptors (Lipinski definition) is 3. The van der Waals surface area contributed by atoms with Crippen molar-refractivity contribution >= 4 is 16.3 Å². The fourth-order valence-electron chi connectivity index (χ4n) is 1.88. The van der Waals surface area contributed by atoms with Crippen molar-refractivity contribution in [3.63, 3.8) is 0 Å². The summed E-state index contributed by atoms with van der Waals surface area (Å²) < 4.78 is 2.08. The summed E-state index contributed by atoms with van der Waals surface area (Å²) in [6.45, 7) is 6.55. The Bertz CT molecular complexity index is 416. The van der Waals surface area contributed by atoms with Crippen molar-refractivity contribution in [2.24, 2.45) is 5.92 Å². The molecule has 0 fully saturated rings. The number of unbranched alkanes of at least 4 members (excludes halogenated alkanes) is 1. The molecule has 0 radical (unpaired) electrons. The third kappa shape index (κ3) is 3.82. The van der Waals surface area contributed by atoms with Gasteiger partial charge in [-0.3, -0.25) is 4.40 Å². The normalized spacial score (nSPS) is 11.7. The number of nitrogens with one attached hydrogen (secondary N) is 1. The molecule has 2 heterocycles. The van der Waals surface area contributed by atoms with E-state index < -0.39 is 0 Å². The molecule has 94 valence electrons. The van der Waals surface area contributed by atoms with Gasteiger partial charge in [0.05, 0.1) is 5.69 Å². The van der Waals surface area contributed by atoms with Gasteiger partial charge in [0.1, 0.15) is 0 Å². The maximum atomic E-state index is 4.54. The van der Waals surface area contributed by atoms with Gasteiger partial charge in [0.25, 0.3) is 0 Å². The van der Waals surface area contributed by atoms with Crippen LogP contribution in [0.1, 0.15) is 38.8 Å². The lowest BCUT2D eigenvalue weighted by molar-refractivity contribution is 0.519. The summed E-state index contributed by atoms with van der Waals surface area (Å²) in [5, 5.41) is 5.52. The molecule has 3 nitrogen and oxygen atoms in total. The third-order valence-corrected chi connectivity index (χ3v) is 3.61. The largest absolute Gasteiger partial charge is 0.311 e. The van der Waals surface area contributed by atoms with Gasteiger partial charge in [0.15, 0.2) is 4.96 Å². The smallest absolute Gasteiger partial charge is 0.193 e. The SMILES string of the molecule is CC(C)CCCCNCc1cn2ccsc2n1. The minimum atomic E-state index is 0.829. The number of nitrogens with zero attached hydrogens (tertiary/aromatic N) is 2. The lowest BCUT2D eigenvalue weighted by Gasteiger charge is -2.04. The van der Waals surface area contributed by atoms with E-state index in [1.165, 1.54) is 19.3 Å². The number of thiazole rings is 1. The van der Waals surface area contributed by atoms with Crippen LogP contribution in [-0.2, 0) is 6.54 Å². The second kappa shape index (κ2) is 6.17. The molecule has 0 aliphatic carbocycles. The summed E-state index contributed by atoms with van der Waals surface area (Å²) in [5.41, 5.74) is 1.14. The fraction of sp³-hybridized carbons (Fsp3) is 0.615. The summed E-state index contributed by atoms with van der Waals surface area (Å²) in [6, 6.07) is 0. The molecule has 2 rings (SSSR count). The number of hydrogen-bond donors (Lipinski definition) is 1. The molecule has 0 atom stereocenters. The lowest BCUT2D eigenvalue weighted by atomic mass is 10.1. The van der Waals surface area contributed by atoms with Gasteiger partial charge >= 0.3 is 0 Å². The molecule has 1 N–H and O–H groups in total. The average molecular weight is 251 g/mol. The van der Waals surface area contributed by atoms with E-state index in [1.807, 2.05) is 0 Å². The van der Waals surface area contributed by atoms with E-state index >= 15 is 0 Å². The molecule has 0 aliphatic heterocycles. The molecule has 2 aromatic heterocycles. The molecular formula is C13H21N3S. The molecule has 4 heteroatoms. The summed E-state index contributed by atoms with van der Waals surface area (Å²) in [7, 11) is 0. The molecule has 0 saturated heterocycles. The van der Waals surface area contributed by atoms with Crippen LogP contribution < -0.4 is 5.32 Å². The van der Waals surface area contributed by atoms with Crippen molar-refractivity contribution in [1.82, 2.24) is 14.7 Å². The van der Waals surface area contributed by atoms with Crippen LogP contribution >= 0.6 is 11.3 Å². The van der Waals surface area contributed by atoms with Crippen molar-refractivity contribution in [2.75, 3.05) is 6.54 Å². The first-order valence-corrected chi connectivity index (χ1v) is 7.25. The number of imidazole rings is 1. The van der Waals surface area contributed by atoms with Crippen LogP contribution in [0, 0.1) is 5.92 Å². The summed E-state index contributed by atoms with van der Waals surface area (Å²) >= 11 is 1.68. The van der Waals surface area contributed by atoms with Crippen LogP contribution in [0.15, 0.2) is 17.8 Å². The molecule has 0 amide bonds. The third-order valence-electron chi connectivity index (χ3n) is 2.83. The van der Waals surface area contributed by atoms with Crippen LogP contribution in [0.5, 0.6) is 0 Å². The zero-order valence-corrected chi connectivity index (χ0v) is 11.5. The van der Waals surface area contributed by atoms with Crippen molar-refractivity contribution in [2.45, 2.75) is 39.7 Å². The first kappa shape index (κ1) is 12.6. The Labute approximate surface area is 107 Å². The van der Waals surface area contributed by atoms with E-state index in [4.69, 9.17) is 0 Å². The van der Waals surface area contributed by atoms with Crippen molar-refractivity contribution in [3.05, 3.63) is 23.5 Å². The lowest BCUT2D eigenvalue weighted by Crippen LogP contribution is -2.15. The first-order chi connectivity index (χ1) is 8.25. The second-order valence-electron chi connectivity index (χ2n) is 4.89. The Morgan fingerprint density at radius 1 is 1.41 bits per heavy atom. The molecule has 0 unspecified atom stereocenters. The van der Waals surface area contributed by atoms with Crippen LogP contribution in [0.4, 0.5) is 0 Å². The van der Waals surface area contributed by atoms with Gasteiger partial charge in [0.2, 0.25) is 0 Å². The quantitative estimate of drug-likeness (QED) is 0.765. The second-order valence-corrected chi connectivity index (χ2v) is 5.76. The van der Waals surface area contributed by atoms with Gasteiger partial charge < -0.3 is 5.32 Å². The van der Waals surface area contributed by atoms with E-state index in [0.717, 1.165) is 29.7 Å². The van der Waals surface area contributed by atoms with E-state index in [2.05, 4.69) is 46.3 Å². The molecular weight excluding hydrogens is 230 g/mol. The van der Waals surface area contributed by atoms with Gasteiger partial charge in [-0.15, -0.1) is 11.3 Å². The molecule has 0 saturated carbocycles. The van der Waals surface area contributed by atoms with Gasteiger partial charge in [-0.05, 0) is 18.9 Å². The summed E-state index contributed by atoms with van der Waals surface area (Å²) in [6.07, 6.45) is 8.08. The summed E-state index contributed by atoms with van der Waals surface area (Å²) in [5.74, 6) is 0.829. The van der Waals surface area contributed by atoms with Crippen LogP contribution in [-0.4, -0.2) is 15.9 Å². The van der Waals surface area contributed by atoms with Gasteiger partial charge in [-0.1, -0.05) is 26.7 Å². The Hall–Kier alpha value is -0.870. The van der Waals surface area contributed by atoms with E-state index in [1.54, 1.807) is 11.3 Å². The zero-order chi connectivity index (χ0) is 12.1. The Balaban J connectivity index is 1.64. The Kier molecular flexibility index (Phi) is 4.57. The van der Waals surface area contributed by atoms with Gasteiger partial charge in [-0.25, -0.2) is 4.98 Å².